The number of furan rings is 1. The maximum atomic E-state index is 12.3. The summed E-state index contributed by atoms with van der Waals surface area (Å²) in [4.78, 5) is 2.47. The molecule has 1 aromatic heterocycles. The summed E-state index contributed by atoms with van der Waals surface area (Å²) in [5.41, 5.74) is 1.57. The smallest absolute Gasteiger partial charge is 0.276 e. The topological polar surface area (TPSA) is 71.7 Å². The van der Waals surface area contributed by atoms with Gasteiger partial charge in [-0.05, 0) is 55.5 Å². The SMILES string of the molecule is Cc1ccc(C)c(S(=O)(=O)N/N=C\c2ccc([C@@H]3C[C@H]3C)o2)c1. The minimum absolute atomic E-state index is 0.238. The van der Waals surface area contributed by atoms with Gasteiger partial charge in [-0.25, -0.2) is 0 Å². The second-order valence-corrected chi connectivity index (χ2v) is 7.81. The Bertz CT molecular complexity index is 852. The van der Waals surface area contributed by atoms with Crippen molar-refractivity contribution in [1.82, 2.24) is 4.83 Å². The van der Waals surface area contributed by atoms with Crippen LogP contribution in [0.3, 0.4) is 0 Å². The van der Waals surface area contributed by atoms with Crippen LogP contribution in [0.25, 0.3) is 0 Å². The van der Waals surface area contributed by atoms with Crippen molar-refractivity contribution in [3.8, 4) is 0 Å². The third-order valence-electron chi connectivity index (χ3n) is 4.12. The molecule has 1 heterocycles. The zero-order valence-corrected chi connectivity index (χ0v) is 14.2. The van der Waals surface area contributed by atoms with Gasteiger partial charge in [0, 0.05) is 5.92 Å². The molecule has 1 aliphatic carbocycles. The van der Waals surface area contributed by atoms with E-state index in [2.05, 4.69) is 16.9 Å². The number of aryl methyl sites for hydroxylation is 2. The highest BCUT2D eigenvalue weighted by Gasteiger charge is 2.36. The van der Waals surface area contributed by atoms with Crippen molar-refractivity contribution in [3.05, 3.63) is 53.0 Å². The molecule has 6 heteroatoms. The second-order valence-electron chi connectivity index (χ2n) is 6.18. The number of benzene rings is 1. The van der Waals surface area contributed by atoms with Crippen molar-refractivity contribution in [2.75, 3.05) is 0 Å². The summed E-state index contributed by atoms with van der Waals surface area (Å²) in [5.74, 6) is 2.64. The standard InChI is InChI=1S/C17H20N2O3S/c1-11-4-5-12(2)17(8-11)23(20,21)19-18-10-14-6-7-16(22-14)15-9-13(15)3/h4-8,10,13,15,19H,9H2,1-3H3/b18-10-/t13-,15-/m1/s1. The van der Waals surface area contributed by atoms with Crippen LogP contribution < -0.4 is 4.83 Å². The highest BCUT2D eigenvalue weighted by atomic mass is 32.2. The average molecular weight is 332 g/mol. The Balaban J connectivity index is 1.71. The molecule has 1 aromatic carbocycles. The van der Waals surface area contributed by atoms with Crippen LogP contribution >= 0.6 is 0 Å². The van der Waals surface area contributed by atoms with Crippen LogP contribution in [-0.2, 0) is 10.0 Å². The van der Waals surface area contributed by atoms with Crippen molar-refractivity contribution in [3.63, 3.8) is 0 Å². The first kappa shape index (κ1) is 15.8. The van der Waals surface area contributed by atoms with Gasteiger partial charge in [0.15, 0.2) is 0 Å². The zero-order chi connectivity index (χ0) is 16.6. The Labute approximate surface area is 136 Å². The molecule has 0 bridgehead atoms. The molecular formula is C17H20N2O3S. The number of rotatable bonds is 5. The molecule has 2 atom stereocenters. The first-order chi connectivity index (χ1) is 10.9. The summed E-state index contributed by atoms with van der Waals surface area (Å²) < 4.78 is 30.3. The van der Waals surface area contributed by atoms with Crippen molar-refractivity contribution >= 4 is 16.2 Å². The summed E-state index contributed by atoms with van der Waals surface area (Å²) in [6, 6.07) is 9.02. The summed E-state index contributed by atoms with van der Waals surface area (Å²) >= 11 is 0. The van der Waals surface area contributed by atoms with E-state index in [1.165, 1.54) is 6.21 Å². The number of sulfonamides is 1. The maximum Gasteiger partial charge on any atom is 0.276 e. The first-order valence-corrected chi connectivity index (χ1v) is 9.07. The van der Waals surface area contributed by atoms with Gasteiger partial charge >= 0.3 is 0 Å². The fourth-order valence-electron chi connectivity index (χ4n) is 2.56. The molecule has 1 saturated carbocycles. The van der Waals surface area contributed by atoms with Gasteiger partial charge in [0.2, 0.25) is 0 Å². The molecule has 0 spiro atoms. The Morgan fingerprint density at radius 3 is 2.70 bits per heavy atom. The number of nitrogens with one attached hydrogen (secondary N) is 1. The summed E-state index contributed by atoms with van der Waals surface area (Å²) in [5, 5.41) is 3.82. The third kappa shape index (κ3) is 3.47. The monoisotopic (exact) mass is 332 g/mol. The van der Waals surface area contributed by atoms with Crippen molar-refractivity contribution < 1.29 is 12.8 Å². The molecule has 0 radical (unpaired) electrons. The molecule has 3 rings (SSSR count). The van der Waals surface area contributed by atoms with E-state index in [0.717, 1.165) is 17.7 Å². The Morgan fingerprint density at radius 2 is 2.00 bits per heavy atom. The Kier molecular flexibility index (Phi) is 4.02. The lowest BCUT2D eigenvalue weighted by molar-refractivity contribution is 0.500. The number of hydrazone groups is 1. The Morgan fingerprint density at radius 1 is 1.26 bits per heavy atom. The highest BCUT2D eigenvalue weighted by molar-refractivity contribution is 7.89. The Hall–Kier alpha value is -2.08. The van der Waals surface area contributed by atoms with Gasteiger partial charge in [0.25, 0.3) is 10.0 Å². The van der Waals surface area contributed by atoms with Gasteiger partial charge in [-0.1, -0.05) is 19.1 Å². The number of hydrogen-bond acceptors (Lipinski definition) is 4. The average Bonchev–Trinajstić information content (AvgIpc) is 3.04. The maximum absolute atomic E-state index is 12.3. The molecule has 23 heavy (non-hydrogen) atoms. The molecule has 122 valence electrons. The van der Waals surface area contributed by atoms with Crippen molar-refractivity contribution in [1.29, 1.82) is 0 Å². The molecule has 0 aliphatic heterocycles. The summed E-state index contributed by atoms with van der Waals surface area (Å²) in [7, 11) is -3.68. The van der Waals surface area contributed by atoms with Crippen LogP contribution in [0.5, 0.6) is 0 Å². The van der Waals surface area contributed by atoms with E-state index in [9.17, 15) is 8.42 Å². The van der Waals surface area contributed by atoms with E-state index in [4.69, 9.17) is 4.42 Å². The predicted molar refractivity (Wildman–Crippen MR) is 89.1 cm³/mol. The van der Waals surface area contributed by atoms with Gasteiger partial charge in [-0.2, -0.15) is 18.4 Å². The van der Waals surface area contributed by atoms with E-state index in [1.807, 2.05) is 19.1 Å². The van der Waals surface area contributed by atoms with Gasteiger partial charge < -0.3 is 4.42 Å². The van der Waals surface area contributed by atoms with Gasteiger partial charge in [0.05, 0.1) is 11.1 Å². The van der Waals surface area contributed by atoms with Crippen LogP contribution in [0, 0.1) is 19.8 Å². The predicted octanol–water partition coefficient (Wildman–Crippen LogP) is 3.33. The van der Waals surface area contributed by atoms with Crippen LogP contribution in [-0.4, -0.2) is 14.6 Å². The van der Waals surface area contributed by atoms with Crippen molar-refractivity contribution in [2.45, 2.75) is 38.0 Å². The quantitative estimate of drug-likeness (QED) is 0.674. The van der Waals surface area contributed by atoms with E-state index < -0.39 is 10.0 Å². The molecule has 0 saturated heterocycles. The highest BCUT2D eigenvalue weighted by Crippen LogP contribution is 2.47. The van der Waals surface area contributed by atoms with Crippen molar-refractivity contribution in [2.24, 2.45) is 11.0 Å². The molecule has 0 unspecified atom stereocenters. The van der Waals surface area contributed by atoms with Crippen LogP contribution in [0.15, 0.2) is 44.7 Å². The molecule has 5 nitrogen and oxygen atoms in total. The molecule has 1 fully saturated rings. The van der Waals surface area contributed by atoms with Crippen LogP contribution in [0.4, 0.5) is 0 Å². The van der Waals surface area contributed by atoms with E-state index in [0.29, 0.717) is 23.2 Å². The third-order valence-corrected chi connectivity index (χ3v) is 5.48. The van der Waals surface area contributed by atoms with Gasteiger partial charge in [-0.3, -0.25) is 0 Å². The van der Waals surface area contributed by atoms with Crippen LogP contribution in [0.2, 0.25) is 0 Å². The van der Waals surface area contributed by atoms with Gasteiger partial charge in [0.1, 0.15) is 11.5 Å². The number of hydrogen-bond donors (Lipinski definition) is 1. The largest absolute Gasteiger partial charge is 0.460 e. The normalized spacial score (nSPS) is 20.8. The lowest BCUT2D eigenvalue weighted by Gasteiger charge is -2.07. The second kappa shape index (κ2) is 5.85. The molecule has 2 aromatic rings. The van der Waals surface area contributed by atoms with Crippen LogP contribution in [0.1, 0.15) is 41.9 Å². The number of nitrogens with zero attached hydrogens (tertiary/aromatic N) is 1. The summed E-state index contributed by atoms with van der Waals surface area (Å²) in [6.45, 7) is 5.79. The summed E-state index contributed by atoms with van der Waals surface area (Å²) in [6.07, 6.45) is 2.53. The molecular weight excluding hydrogens is 312 g/mol. The van der Waals surface area contributed by atoms with E-state index >= 15 is 0 Å². The molecule has 0 amide bonds. The lowest BCUT2D eigenvalue weighted by atomic mass is 10.2. The minimum Gasteiger partial charge on any atom is -0.460 e. The lowest BCUT2D eigenvalue weighted by Crippen LogP contribution is -2.19. The minimum atomic E-state index is -3.68. The van der Waals surface area contributed by atoms with E-state index in [-0.39, 0.29) is 4.90 Å². The fourth-order valence-corrected chi connectivity index (χ4v) is 3.68. The first-order valence-electron chi connectivity index (χ1n) is 7.58. The molecule has 1 N–H and O–H groups in total. The molecule has 1 aliphatic rings. The van der Waals surface area contributed by atoms with E-state index in [1.54, 1.807) is 25.1 Å². The zero-order valence-electron chi connectivity index (χ0n) is 13.4. The fraction of sp³-hybridized carbons (Fsp3) is 0.353. The van der Waals surface area contributed by atoms with Gasteiger partial charge in [-0.15, -0.1) is 0 Å².